The van der Waals surface area contributed by atoms with E-state index >= 15 is 0 Å². The molecule has 1 aromatic carbocycles. The Morgan fingerprint density at radius 2 is 2.23 bits per heavy atom. The van der Waals surface area contributed by atoms with Gasteiger partial charge in [-0.3, -0.25) is 4.79 Å². The highest BCUT2D eigenvalue weighted by molar-refractivity contribution is 7.10. The van der Waals surface area contributed by atoms with E-state index in [1.165, 1.54) is 29.7 Å². The SMILES string of the molecule is O=CCC(C(=O)O)c1cc(-c2coc3ccc(F)cc23)cs1. The van der Waals surface area contributed by atoms with Gasteiger partial charge in [0.05, 0.1) is 12.2 Å². The van der Waals surface area contributed by atoms with Crippen LogP contribution in [0, 0.1) is 5.82 Å². The number of halogens is 1. The zero-order valence-electron chi connectivity index (χ0n) is 11.3. The Morgan fingerprint density at radius 3 is 2.95 bits per heavy atom. The molecule has 0 fully saturated rings. The van der Waals surface area contributed by atoms with E-state index in [1.807, 2.05) is 0 Å². The molecule has 3 rings (SSSR count). The first kappa shape index (κ1) is 14.5. The number of benzene rings is 1. The van der Waals surface area contributed by atoms with E-state index in [-0.39, 0.29) is 12.2 Å². The summed E-state index contributed by atoms with van der Waals surface area (Å²) in [5.41, 5.74) is 2.01. The summed E-state index contributed by atoms with van der Waals surface area (Å²) in [6.07, 6.45) is 2.04. The third-order valence-electron chi connectivity index (χ3n) is 3.44. The van der Waals surface area contributed by atoms with E-state index < -0.39 is 11.9 Å². The number of thiophene rings is 1. The van der Waals surface area contributed by atoms with Crippen LogP contribution in [0.5, 0.6) is 0 Å². The summed E-state index contributed by atoms with van der Waals surface area (Å²) in [6.45, 7) is 0. The number of furan rings is 1. The van der Waals surface area contributed by atoms with Crippen molar-refractivity contribution in [1.29, 1.82) is 0 Å². The number of carboxylic acids is 1. The van der Waals surface area contributed by atoms with Crippen LogP contribution < -0.4 is 0 Å². The molecule has 0 aliphatic rings. The van der Waals surface area contributed by atoms with Gasteiger partial charge in [0.15, 0.2) is 0 Å². The zero-order chi connectivity index (χ0) is 15.7. The molecule has 2 heterocycles. The number of aliphatic carboxylic acids is 1. The molecule has 1 N–H and O–H groups in total. The summed E-state index contributed by atoms with van der Waals surface area (Å²) in [4.78, 5) is 22.4. The lowest BCUT2D eigenvalue weighted by atomic mass is 10.0. The van der Waals surface area contributed by atoms with Crippen LogP contribution in [0.3, 0.4) is 0 Å². The zero-order valence-corrected chi connectivity index (χ0v) is 12.1. The summed E-state index contributed by atoms with van der Waals surface area (Å²) < 4.78 is 18.8. The first-order chi connectivity index (χ1) is 10.6. The number of carbonyl (C=O) groups is 2. The van der Waals surface area contributed by atoms with Crippen molar-refractivity contribution >= 4 is 34.6 Å². The van der Waals surface area contributed by atoms with Crippen LogP contribution in [0.1, 0.15) is 17.2 Å². The second-order valence-corrected chi connectivity index (χ2v) is 5.76. The highest BCUT2D eigenvalue weighted by Crippen LogP contribution is 2.36. The number of hydrogen-bond donors (Lipinski definition) is 1. The molecule has 112 valence electrons. The Balaban J connectivity index is 2.03. The molecule has 1 unspecified atom stereocenters. The fraction of sp³-hybridized carbons (Fsp3) is 0.125. The number of carboxylic acid groups (broad SMARTS) is 1. The van der Waals surface area contributed by atoms with Crippen molar-refractivity contribution in [3.8, 4) is 11.1 Å². The Kier molecular flexibility index (Phi) is 3.77. The molecule has 6 heteroatoms. The minimum absolute atomic E-state index is 0.0734. The smallest absolute Gasteiger partial charge is 0.312 e. The lowest BCUT2D eigenvalue weighted by Gasteiger charge is -2.04. The molecule has 0 aliphatic carbocycles. The average molecular weight is 318 g/mol. The molecule has 0 amide bonds. The normalized spacial score (nSPS) is 12.4. The number of fused-ring (bicyclic) bond motifs is 1. The molecule has 1 atom stereocenters. The van der Waals surface area contributed by atoms with Crippen LogP contribution in [0.15, 0.2) is 40.3 Å². The van der Waals surface area contributed by atoms with Gasteiger partial charge in [-0.2, -0.15) is 0 Å². The fourth-order valence-electron chi connectivity index (χ4n) is 2.34. The lowest BCUT2D eigenvalue weighted by Crippen LogP contribution is -2.10. The third kappa shape index (κ3) is 2.53. The van der Waals surface area contributed by atoms with Gasteiger partial charge in [0.25, 0.3) is 0 Å². The van der Waals surface area contributed by atoms with E-state index in [2.05, 4.69) is 0 Å². The monoisotopic (exact) mass is 318 g/mol. The van der Waals surface area contributed by atoms with Gasteiger partial charge >= 0.3 is 5.97 Å². The quantitative estimate of drug-likeness (QED) is 0.720. The summed E-state index contributed by atoms with van der Waals surface area (Å²) in [5, 5.41) is 11.6. The molecule has 4 nitrogen and oxygen atoms in total. The molecule has 0 saturated carbocycles. The largest absolute Gasteiger partial charge is 0.481 e. The van der Waals surface area contributed by atoms with Crippen molar-refractivity contribution in [1.82, 2.24) is 0 Å². The van der Waals surface area contributed by atoms with E-state index in [1.54, 1.807) is 17.5 Å². The van der Waals surface area contributed by atoms with E-state index in [0.29, 0.717) is 27.7 Å². The summed E-state index contributed by atoms with van der Waals surface area (Å²) in [7, 11) is 0. The minimum Gasteiger partial charge on any atom is -0.481 e. The predicted octanol–water partition coefficient (Wildman–Crippen LogP) is 4.06. The lowest BCUT2D eigenvalue weighted by molar-refractivity contribution is -0.139. The highest BCUT2D eigenvalue weighted by Gasteiger charge is 2.22. The number of rotatable bonds is 5. The van der Waals surface area contributed by atoms with Crippen molar-refractivity contribution in [3.63, 3.8) is 0 Å². The second-order valence-electron chi connectivity index (χ2n) is 4.82. The van der Waals surface area contributed by atoms with Gasteiger partial charge in [0.1, 0.15) is 17.7 Å². The first-order valence-electron chi connectivity index (χ1n) is 6.52. The molecular weight excluding hydrogens is 307 g/mol. The highest BCUT2D eigenvalue weighted by atomic mass is 32.1. The molecule has 0 bridgehead atoms. The summed E-state index contributed by atoms with van der Waals surface area (Å²) in [5.74, 6) is -2.26. The first-order valence-corrected chi connectivity index (χ1v) is 7.40. The van der Waals surface area contributed by atoms with Crippen molar-refractivity contribution in [3.05, 3.63) is 46.6 Å². The fourth-order valence-corrected chi connectivity index (χ4v) is 3.35. The minimum atomic E-state index is -1.04. The maximum atomic E-state index is 13.4. The molecule has 0 spiro atoms. The Hall–Kier alpha value is -2.47. The van der Waals surface area contributed by atoms with Crippen LogP contribution in [0.25, 0.3) is 22.1 Å². The predicted molar refractivity (Wildman–Crippen MR) is 80.5 cm³/mol. The topological polar surface area (TPSA) is 67.5 Å². The standard InChI is InChI=1S/C16H11FO4S/c17-10-1-2-14-12(6-10)13(7-21-14)9-5-15(22-8-9)11(3-4-18)16(19)20/h1-2,4-8,11H,3H2,(H,19,20). The number of aldehydes is 1. The van der Waals surface area contributed by atoms with E-state index in [9.17, 15) is 19.1 Å². The molecule has 3 aromatic rings. The maximum absolute atomic E-state index is 13.4. The van der Waals surface area contributed by atoms with Crippen molar-refractivity contribution in [2.24, 2.45) is 0 Å². The van der Waals surface area contributed by atoms with Gasteiger partial charge < -0.3 is 14.3 Å². The van der Waals surface area contributed by atoms with E-state index in [4.69, 9.17) is 4.42 Å². The third-order valence-corrected chi connectivity index (χ3v) is 4.49. The van der Waals surface area contributed by atoms with Crippen LogP contribution in [-0.4, -0.2) is 17.4 Å². The second kappa shape index (κ2) is 5.73. The van der Waals surface area contributed by atoms with Crippen LogP contribution in [-0.2, 0) is 9.59 Å². The van der Waals surface area contributed by atoms with Crippen LogP contribution >= 0.6 is 11.3 Å². The summed E-state index contributed by atoms with van der Waals surface area (Å²) in [6, 6.07) is 5.96. The van der Waals surface area contributed by atoms with E-state index in [0.717, 1.165) is 5.56 Å². The Morgan fingerprint density at radius 1 is 1.41 bits per heavy atom. The van der Waals surface area contributed by atoms with Crippen molar-refractivity contribution < 1.29 is 23.5 Å². The van der Waals surface area contributed by atoms with Gasteiger partial charge in [-0.25, -0.2) is 4.39 Å². The van der Waals surface area contributed by atoms with Gasteiger partial charge in [0.2, 0.25) is 0 Å². The maximum Gasteiger partial charge on any atom is 0.312 e. The molecular formula is C16H11FO4S. The van der Waals surface area contributed by atoms with Crippen molar-refractivity contribution in [2.45, 2.75) is 12.3 Å². The Bertz CT molecular complexity index is 849. The summed E-state index contributed by atoms with van der Waals surface area (Å²) >= 11 is 1.26. The number of carbonyl (C=O) groups excluding carboxylic acids is 1. The molecule has 0 radical (unpaired) electrons. The van der Waals surface area contributed by atoms with Crippen LogP contribution in [0.2, 0.25) is 0 Å². The van der Waals surface area contributed by atoms with Gasteiger partial charge in [-0.15, -0.1) is 11.3 Å². The Labute approximate surface area is 128 Å². The average Bonchev–Trinajstić information content (AvgIpc) is 3.10. The van der Waals surface area contributed by atoms with Crippen molar-refractivity contribution in [2.75, 3.05) is 0 Å². The van der Waals surface area contributed by atoms with Gasteiger partial charge in [0, 0.05) is 22.2 Å². The molecule has 0 aliphatic heterocycles. The number of hydrogen-bond acceptors (Lipinski definition) is 4. The molecule has 2 aromatic heterocycles. The van der Waals surface area contributed by atoms with Gasteiger partial charge in [-0.1, -0.05) is 0 Å². The van der Waals surface area contributed by atoms with Crippen LogP contribution in [0.4, 0.5) is 4.39 Å². The van der Waals surface area contributed by atoms with Gasteiger partial charge in [-0.05, 0) is 35.2 Å². The molecule has 22 heavy (non-hydrogen) atoms. The molecule has 0 saturated heterocycles.